The molecule has 32 heavy (non-hydrogen) atoms. The second-order valence-corrected chi connectivity index (χ2v) is 7.47. The SMILES string of the molecule is COc1ccc(C2CC(=O)N(c3cccc(C(N)=O)c3)C2)c(Oc2cccc(C#N)c2)c1. The number of amides is 2. The quantitative estimate of drug-likeness (QED) is 0.641. The van der Waals surface area contributed by atoms with Crippen LogP contribution in [-0.2, 0) is 4.79 Å². The van der Waals surface area contributed by atoms with Gasteiger partial charge >= 0.3 is 0 Å². The zero-order valence-electron chi connectivity index (χ0n) is 17.4. The standard InChI is InChI=1S/C25H21N3O4/c1-31-20-8-9-22(23(13-20)32-21-7-2-4-16(10-21)14-26)18-12-24(29)28(15-18)19-6-3-5-17(11-19)25(27)30/h2-11,13,18H,12,15H2,1H3,(H2,27,30). The highest BCUT2D eigenvalue weighted by Gasteiger charge is 2.33. The van der Waals surface area contributed by atoms with Crippen molar-refractivity contribution in [2.75, 3.05) is 18.6 Å². The summed E-state index contributed by atoms with van der Waals surface area (Å²) in [5.74, 6) is 0.986. The number of nitrogens with zero attached hydrogens (tertiary/aromatic N) is 2. The first-order valence-corrected chi connectivity index (χ1v) is 10.0. The van der Waals surface area contributed by atoms with Gasteiger partial charge in [0.25, 0.3) is 0 Å². The molecule has 0 radical (unpaired) electrons. The summed E-state index contributed by atoms with van der Waals surface area (Å²) >= 11 is 0. The average Bonchev–Trinajstić information content (AvgIpc) is 3.20. The van der Waals surface area contributed by atoms with Crippen molar-refractivity contribution >= 4 is 17.5 Å². The molecule has 4 rings (SSSR count). The monoisotopic (exact) mass is 427 g/mol. The normalized spacial score (nSPS) is 15.3. The molecule has 1 heterocycles. The third kappa shape index (κ3) is 4.25. The molecule has 1 atom stereocenters. The lowest BCUT2D eigenvalue weighted by atomic mass is 9.97. The lowest BCUT2D eigenvalue weighted by Gasteiger charge is -2.19. The summed E-state index contributed by atoms with van der Waals surface area (Å²) in [7, 11) is 1.57. The van der Waals surface area contributed by atoms with Crippen LogP contribution in [0.4, 0.5) is 5.69 Å². The highest BCUT2D eigenvalue weighted by molar-refractivity contribution is 5.99. The van der Waals surface area contributed by atoms with Crippen molar-refractivity contribution < 1.29 is 19.1 Å². The number of hydrogen-bond donors (Lipinski definition) is 1. The van der Waals surface area contributed by atoms with Crippen molar-refractivity contribution in [3.8, 4) is 23.3 Å². The van der Waals surface area contributed by atoms with Crippen LogP contribution in [0.2, 0.25) is 0 Å². The fourth-order valence-corrected chi connectivity index (χ4v) is 3.82. The van der Waals surface area contributed by atoms with Crippen LogP contribution in [0, 0.1) is 11.3 Å². The van der Waals surface area contributed by atoms with E-state index in [1.165, 1.54) is 0 Å². The zero-order valence-corrected chi connectivity index (χ0v) is 17.4. The second kappa shape index (κ2) is 8.82. The number of rotatable bonds is 6. The minimum atomic E-state index is -0.541. The molecule has 2 amide bonds. The van der Waals surface area contributed by atoms with Crippen molar-refractivity contribution in [1.82, 2.24) is 0 Å². The van der Waals surface area contributed by atoms with Gasteiger partial charge in [0.2, 0.25) is 11.8 Å². The molecule has 3 aromatic carbocycles. The molecule has 7 heteroatoms. The summed E-state index contributed by atoms with van der Waals surface area (Å²) in [4.78, 5) is 26.0. The summed E-state index contributed by atoms with van der Waals surface area (Å²) in [5, 5.41) is 9.16. The summed E-state index contributed by atoms with van der Waals surface area (Å²) in [6, 6.07) is 21.2. The van der Waals surface area contributed by atoms with Gasteiger partial charge in [-0.3, -0.25) is 9.59 Å². The Hall–Kier alpha value is -4.31. The highest BCUT2D eigenvalue weighted by atomic mass is 16.5. The van der Waals surface area contributed by atoms with Gasteiger partial charge in [-0.1, -0.05) is 18.2 Å². The van der Waals surface area contributed by atoms with Gasteiger partial charge in [-0.15, -0.1) is 0 Å². The van der Waals surface area contributed by atoms with E-state index in [1.54, 1.807) is 66.6 Å². The molecule has 2 N–H and O–H groups in total. The molecule has 3 aromatic rings. The van der Waals surface area contributed by atoms with Gasteiger partial charge < -0.3 is 20.1 Å². The van der Waals surface area contributed by atoms with E-state index < -0.39 is 5.91 Å². The Balaban J connectivity index is 1.65. The maximum atomic E-state index is 12.8. The van der Waals surface area contributed by atoms with Gasteiger partial charge in [-0.2, -0.15) is 5.26 Å². The van der Waals surface area contributed by atoms with Crippen molar-refractivity contribution in [2.45, 2.75) is 12.3 Å². The molecule has 1 aliphatic rings. The molecule has 0 bridgehead atoms. The van der Waals surface area contributed by atoms with E-state index in [2.05, 4.69) is 6.07 Å². The molecule has 160 valence electrons. The number of carbonyl (C=O) groups excluding carboxylic acids is 2. The average molecular weight is 427 g/mol. The van der Waals surface area contributed by atoms with Crippen LogP contribution >= 0.6 is 0 Å². The van der Waals surface area contributed by atoms with Gasteiger partial charge in [-0.05, 0) is 42.5 Å². The van der Waals surface area contributed by atoms with Gasteiger partial charge in [0.05, 0.1) is 18.7 Å². The van der Waals surface area contributed by atoms with Crippen LogP contribution in [0.25, 0.3) is 0 Å². The highest BCUT2D eigenvalue weighted by Crippen LogP contribution is 2.39. The van der Waals surface area contributed by atoms with E-state index in [1.807, 2.05) is 12.1 Å². The van der Waals surface area contributed by atoms with Gasteiger partial charge in [0.15, 0.2) is 0 Å². The van der Waals surface area contributed by atoms with E-state index >= 15 is 0 Å². The predicted octanol–water partition coefficient (Wildman–Crippen LogP) is 3.98. The Morgan fingerprint density at radius 2 is 1.91 bits per heavy atom. The van der Waals surface area contributed by atoms with Crippen LogP contribution < -0.4 is 20.1 Å². The van der Waals surface area contributed by atoms with E-state index in [9.17, 15) is 9.59 Å². The minimum absolute atomic E-state index is 0.0510. The maximum Gasteiger partial charge on any atom is 0.248 e. The number of hydrogen-bond acceptors (Lipinski definition) is 5. The van der Waals surface area contributed by atoms with Crippen LogP contribution in [0.1, 0.15) is 33.8 Å². The van der Waals surface area contributed by atoms with E-state index in [4.69, 9.17) is 20.5 Å². The molecule has 0 aliphatic carbocycles. The fraction of sp³-hybridized carbons (Fsp3) is 0.160. The van der Waals surface area contributed by atoms with Crippen molar-refractivity contribution in [3.05, 3.63) is 83.4 Å². The van der Waals surface area contributed by atoms with E-state index in [-0.39, 0.29) is 11.8 Å². The number of nitriles is 1. The van der Waals surface area contributed by atoms with Crippen molar-refractivity contribution in [2.24, 2.45) is 5.73 Å². The number of benzene rings is 3. The molecule has 1 fully saturated rings. The van der Waals surface area contributed by atoms with E-state index in [0.717, 1.165) is 5.56 Å². The Labute approximate surface area is 185 Å². The molecule has 7 nitrogen and oxygen atoms in total. The lowest BCUT2D eigenvalue weighted by Crippen LogP contribution is -2.24. The molecule has 0 aromatic heterocycles. The first kappa shape index (κ1) is 20.9. The summed E-state index contributed by atoms with van der Waals surface area (Å²) in [6.45, 7) is 0.433. The first-order chi connectivity index (χ1) is 15.5. The van der Waals surface area contributed by atoms with Crippen LogP contribution in [-0.4, -0.2) is 25.5 Å². The van der Waals surface area contributed by atoms with Crippen LogP contribution in [0.5, 0.6) is 17.2 Å². The number of carbonyl (C=O) groups is 2. The Morgan fingerprint density at radius 3 is 2.66 bits per heavy atom. The molecule has 1 unspecified atom stereocenters. The molecular formula is C25H21N3O4. The molecular weight excluding hydrogens is 406 g/mol. The number of ether oxygens (including phenoxy) is 2. The summed E-state index contributed by atoms with van der Waals surface area (Å²) in [5.41, 5.74) is 7.71. The second-order valence-electron chi connectivity index (χ2n) is 7.47. The molecule has 0 spiro atoms. The molecule has 0 saturated carbocycles. The fourth-order valence-electron chi connectivity index (χ4n) is 3.82. The minimum Gasteiger partial charge on any atom is -0.497 e. The third-order valence-corrected chi connectivity index (χ3v) is 5.42. The maximum absolute atomic E-state index is 12.8. The lowest BCUT2D eigenvalue weighted by molar-refractivity contribution is -0.117. The van der Waals surface area contributed by atoms with Gasteiger partial charge in [0.1, 0.15) is 17.2 Å². The van der Waals surface area contributed by atoms with Crippen LogP contribution in [0.15, 0.2) is 66.7 Å². The summed E-state index contributed by atoms with van der Waals surface area (Å²) in [6.07, 6.45) is 0.293. The largest absolute Gasteiger partial charge is 0.497 e. The Bertz CT molecular complexity index is 1230. The van der Waals surface area contributed by atoms with Crippen molar-refractivity contribution in [3.63, 3.8) is 0 Å². The number of anilines is 1. The van der Waals surface area contributed by atoms with Crippen molar-refractivity contribution in [1.29, 1.82) is 5.26 Å². The van der Waals surface area contributed by atoms with Gasteiger partial charge in [-0.25, -0.2) is 0 Å². The van der Waals surface area contributed by atoms with E-state index in [0.29, 0.717) is 47.0 Å². The number of primary amides is 1. The predicted molar refractivity (Wildman–Crippen MR) is 119 cm³/mol. The Morgan fingerprint density at radius 1 is 1.09 bits per heavy atom. The smallest absolute Gasteiger partial charge is 0.248 e. The first-order valence-electron chi connectivity index (χ1n) is 10.0. The number of methoxy groups -OCH3 is 1. The zero-order chi connectivity index (χ0) is 22.7. The number of nitrogens with two attached hydrogens (primary N) is 1. The van der Waals surface area contributed by atoms with Gasteiger partial charge in [0, 0.05) is 41.8 Å². The third-order valence-electron chi connectivity index (χ3n) is 5.42. The summed E-state index contributed by atoms with van der Waals surface area (Å²) < 4.78 is 11.5. The molecule has 1 saturated heterocycles. The Kier molecular flexibility index (Phi) is 5.77. The van der Waals surface area contributed by atoms with Crippen LogP contribution in [0.3, 0.4) is 0 Å². The topological polar surface area (TPSA) is 106 Å². The molecule has 1 aliphatic heterocycles.